The van der Waals surface area contributed by atoms with Crippen molar-refractivity contribution in [1.29, 1.82) is 0 Å². The highest BCUT2D eigenvalue weighted by atomic mass is 16.1. The minimum absolute atomic E-state index is 0.00459. The summed E-state index contributed by atoms with van der Waals surface area (Å²) in [6.45, 7) is 4.85. The molecule has 0 spiro atoms. The first-order valence-electron chi connectivity index (χ1n) is 5.78. The van der Waals surface area contributed by atoms with Gasteiger partial charge in [0.1, 0.15) is 6.29 Å². The molecule has 1 saturated carbocycles. The van der Waals surface area contributed by atoms with Crippen LogP contribution in [-0.4, -0.2) is 18.7 Å². The van der Waals surface area contributed by atoms with E-state index in [4.69, 9.17) is 0 Å². The molecule has 86 valence electrons. The Morgan fingerprint density at radius 1 is 1.53 bits per heavy atom. The van der Waals surface area contributed by atoms with Crippen molar-refractivity contribution in [2.75, 3.05) is 6.54 Å². The Bertz CT molecular complexity index is 234. The number of amides is 1. The quantitative estimate of drug-likeness (QED) is 0.682. The summed E-state index contributed by atoms with van der Waals surface area (Å²) in [6, 6.07) is 0. The SMILES string of the molecule is CC(C=O)CCC(=O)NCC1(C)CCC1. The summed E-state index contributed by atoms with van der Waals surface area (Å²) in [5.74, 6) is 0.0758. The van der Waals surface area contributed by atoms with Gasteiger partial charge in [-0.05, 0) is 24.7 Å². The van der Waals surface area contributed by atoms with Gasteiger partial charge in [0.05, 0.1) is 0 Å². The molecule has 0 aromatic heterocycles. The van der Waals surface area contributed by atoms with Crippen LogP contribution in [0.5, 0.6) is 0 Å². The first-order chi connectivity index (χ1) is 7.06. The maximum absolute atomic E-state index is 11.4. The van der Waals surface area contributed by atoms with Gasteiger partial charge in [-0.3, -0.25) is 4.79 Å². The zero-order chi connectivity index (χ0) is 11.3. The van der Waals surface area contributed by atoms with E-state index < -0.39 is 0 Å². The maximum Gasteiger partial charge on any atom is 0.220 e. The van der Waals surface area contributed by atoms with E-state index >= 15 is 0 Å². The van der Waals surface area contributed by atoms with Gasteiger partial charge in [0, 0.05) is 18.9 Å². The van der Waals surface area contributed by atoms with E-state index in [1.807, 2.05) is 6.92 Å². The Balaban J connectivity index is 2.10. The number of hydrogen-bond acceptors (Lipinski definition) is 2. The summed E-state index contributed by atoms with van der Waals surface area (Å²) >= 11 is 0. The summed E-state index contributed by atoms with van der Waals surface area (Å²) in [5, 5.41) is 2.95. The Hall–Kier alpha value is -0.860. The molecule has 0 bridgehead atoms. The summed E-state index contributed by atoms with van der Waals surface area (Å²) in [6.07, 6.45) is 5.76. The van der Waals surface area contributed by atoms with Crippen molar-refractivity contribution >= 4 is 12.2 Å². The molecule has 1 rings (SSSR count). The first kappa shape index (κ1) is 12.2. The molecule has 0 heterocycles. The monoisotopic (exact) mass is 211 g/mol. The lowest BCUT2D eigenvalue weighted by Crippen LogP contribution is -2.39. The molecular weight excluding hydrogens is 190 g/mol. The number of carbonyl (C=O) groups is 2. The van der Waals surface area contributed by atoms with Crippen molar-refractivity contribution in [3.8, 4) is 0 Å². The second kappa shape index (κ2) is 5.29. The lowest BCUT2D eigenvalue weighted by molar-refractivity contribution is -0.122. The molecule has 0 aromatic carbocycles. The zero-order valence-corrected chi connectivity index (χ0v) is 9.71. The zero-order valence-electron chi connectivity index (χ0n) is 9.71. The molecule has 1 N–H and O–H groups in total. The van der Waals surface area contributed by atoms with Crippen molar-refractivity contribution in [3.63, 3.8) is 0 Å². The molecule has 0 radical (unpaired) electrons. The summed E-state index contributed by atoms with van der Waals surface area (Å²) in [4.78, 5) is 21.8. The summed E-state index contributed by atoms with van der Waals surface area (Å²) < 4.78 is 0. The first-order valence-corrected chi connectivity index (χ1v) is 5.78. The molecule has 3 nitrogen and oxygen atoms in total. The van der Waals surface area contributed by atoms with Crippen LogP contribution in [0.4, 0.5) is 0 Å². The smallest absolute Gasteiger partial charge is 0.220 e. The number of carbonyl (C=O) groups excluding carboxylic acids is 2. The highest BCUT2D eigenvalue weighted by molar-refractivity contribution is 5.76. The second-order valence-electron chi connectivity index (χ2n) is 5.09. The molecule has 1 unspecified atom stereocenters. The van der Waals surface area contributed by atoms with Crippen molar-refractivity contribution in [2.24, 2.45) is 11.3 Å². The fourth-order valence-electron chi connectivity index (χ4n) is 1.78. The normalized spacial score (nSPS) is 20.1. The van der Waals surface area contributed by atoms with E-state index in [9.17, 15) is 9.59 Å². The van der Waals surface area contributed by atoms with Gasteiger partial charge in [-0.1, -0.05) is 20.3 Å². The van der Waals surface area contributed by atoms with Crippen molar-refractivity contribution in [1.82, 2.24) is 5.32 Å². The van der Waals surface area contributed by atoms with Crippen molar-refractivity contribution in [2.45, 2.75) is 46.0 Å². The molecule has 3 heteroatoms. The topological polar surface area (TPSA) is 46.2 Å². The van der Waals surface area contributed by atoms with Gasteiger partial charge in [0.25, 0.3) is 0 Å². The van der Waals surface area contributed by atoms with E-state index in [-0.39, 0.29) is 11.8 Å². The van der Waals surface area contributed by atoms with Gasteiger partial charge < -0.3 is 10.1 Å². The van der Waals surface area contributed by atoms with Crippen LogP contribution in [0.1, 0.15) is 46.0 Å². The van der Waals surface area contributed by atoms with Crippen LogP contribution >= 0.6 is 0 Å². The lowest BCUT2D eigenvalue weighted by Gasteiger charge is -2.38. The molecule has 15 heavy (non-hydrogen) atoms. The fourth-order valence-corrected chi connectivity index (χ4v) is 1.78. The number of nitrogens with one attached hydrogen (secondary N) is 1. The van der Waals surface area contributed by atoms with Crippen LogP contribution in [0.25, 0.3) is 0 Å². The van der Waals surface area contributed by atoms with E-state index in [0.717, 1.165) is 12.8 Å². The Kier molecular flexibility index (Phi) is 4.30. The van der Waals surface area contributed by atoms with Crippen LogP contribution in [0.15, 0.2) is 0 Å². The van der Waals surface area contributed by atoms with Gasteiger partial charge in [-0.2, -0.15) is 0 Å². The third kappa shape index (κ3) is 4.02. The van der Waals surface area contributed by atoms with E-state index in [1.165, 1.54) is 19.3 Å². The Morgan fingerprint density at radius 3 is 2.67 bits per heavy atom. The molecule has 0 saturated heterocycles. The minimum Gasteiger partial charge on any atom is -0.356 e. The molecule has 0 aromatic rings. The van der Waals surface area contributed by atoms with E-state index in [2.05, 4.69) is 12.2 Å². The van der Waals surface area contributed by atoms with Gasteiger partial charge in [0.2, 0.25) is 5.91 Å². The highest BCUT2D eigenvalue weighted by Crippen LogP contribution is 2.39. The van der Waals surface area contributed by atoms with E-state index in [1.54, 1.807) is 0 Å². The highest BCUT2D eigenvalue weighted by Gasteiger charge is 2.31. The Morgan fingerprint density at radius 2 is 2.20 bits per heavy atom. The third-order valence-corrected chi connectivity index (χ3v) is 3.33. The largest absolute Gasteiger partial charge is 0.356 e. The van der Waals surface area contributed by atoms with Crippen LogP contribution in [-0.2, 0) is 9.59 Å². The molecule has 1 amide bonds. The third-order valence-electron chi connectivity index (χ3n) is 3.33. The van der Waals surface area contributed by atoms with Gasteiger partial charge in [-0.15, -0.1) is 0 Å². The average molecular weight is 211 g/mol. The minimum atomic E-state index is -0.00459. The van der Waals surface area contributed by atoms with Gasteiger partial charge in [0.15, 0.2) is 0 Å². The van der Waals surface area contributed by atoms with Crippen LogP contribution in [0, 0.1) is 11.3 Å². The van der Waals surface area contributed by atoms with Gasteiger partial charge in [-0.25, -0.2) is 0 Å². The van der Waals surface area contributed by atoms with Crippen LogP contribution in [0.3, 0.4) is 0 Å². The Labute approximate surface area is 91.6 Å². The molecule has 1 fully saturated rings. The van der Waals surface area contributed by atoms with Crippen LogP contribution < -0.4 is 5.32 Å². The van der Waals surface area contributed by atoms with Crippen molar-refractivity contribution < 1.29 is 9.59 Å². The molecular formula is C12H21NO2. The second-order valence-corrected chi connectivity index (χ2v) is 5.09. The maximum atomic E-state index is 11.4. The fraction of sp³-hybridized carbons (Fsp3) is 0.833. The van der Waals surface area contributed by atoms with Crippen LogP contribution in [0.2, 0.25) is 0 Å². The molecule has 0 aliphatic heterocycles. The van der Waals surface area contributed by atoms with E-state index in [0.29, 0.717) is 18.3 Å². The predicted molar refractivity (Wildman–Crippen MR) is 59.4 cm³/mol. The number of aldehydes is 1. The van der Waals surface area contributed by atoms with Crippen molar-refractivity contribution in [3.05, 3.63) is 0 Å². The number of rotatable bonds is 6. The van der Waals surface area contributed by atoms with Gasteiger partial charge >= 0.3 is 0 Å². The lowest BCUT2D eigenvalue weighted by atomic mass is 9.70. The summed E-state index contributed by atoms with van der Waals surface area (Å²) in [5.41, 5.74) is 0.339. The average Bonchev–Trinajstić information content (AvgIpc) is 2.20. The predicted octanol–water partition coefficient (Wildman–Crippen LogP) is 1.91. The standard InChI is InChI=1S/C12H21NO2/c1-10(8-14)4-5-11(15)13-9-12(2)6-3-7-12/h8,10H,3-7,9H2,1-2H3,(H,13,15). The molecule has 1 atom stereocenters. The number of hydrogen-bond donors (Lipinski definition) is 1. The molecule has 1 aliphatic carbocycles. The molecule has 1 aliphatic rings. The summed E-state index contributed by atoms with van der Waals surface area (Å²) in [7, 11) is 0.